The number of para-hydroxylation sites is 1. The van der Waals surface area contributed by atoms with Gasteiger partial charge < -0.3 is 15.3 Å². The highest BCUT2D eigenvalue weighted by Crippen LogP contribution is 2.35. The fourth-order valence-corrected chi connectivity index (χ4v) is 2.48. The van der Waals surface area contributed by atoms with Crippen molar-refractivity contribution in [1.82, 2.24) is 5.32 Å². The summed E-state index contributed by atoms with van der Waals surface area (Å²) < 4.78 is 0. The molecule has 1 atom stereocenters. The van der Waals surface area contributed by atoms with Crippen LogP contribution in [0.5, 0.6) is 0 Å². The van der Waals surface area contributed by atoms with Crippen LogP contribution in [-0.4, -0.2) is 37.1 Å². The van der Waals surface area contributed by atoms with E-state index in [9.17, 15) is 14.7 Å². The molecule has 2 rings (SSSR count). The number of carboxylic acid groups (broad SMARTS) is 1. The molecule has 1 amide bonds. The lowest BCUT2D eigenvalue weighted by Crippen LogP contribution is -2.36. The summed E-state index contributed by atoms with van der Waals surface area (Å²) in [5, 5.41) is 11.8. The quantitative estimate of drug-likeness (QED) is 0.855. The summed E-state index contributed by atoms with van der Waals surface area (Å²) >= 11 is 0. The standard InChI is InChI=1S/C14H18N2O3/c1-15-13(17)7-9-16-8-6-11(14(18)19)10-4-2-3-5-12(10)16/h2-5,11H,6-9H2,1H3,(H,15,17)(H,18,19). The Morgan fingerprint density at radius 2 is 2.16 bits per heavy atom. The van der Waals surface area contributed by atoms with Gasteiger partial charge in [-0.3, -0.25) is 9.59 Å². The largest absolute Gasteiger partial charge is 0.481 e. The Balaban J connectivity index is 2.18. The molecule has 1 aliphatic heterocycles. The molecule has 1 unspecified atom stereocenters. The highest BCUT2D eigenvalue weighted by atomic mass is 16.4. The van der Waals surface area contributed by atoms with Crippen molar-refractivity contribution >= 4 is 17.6 Å². The van der Waals surface area contributed by atoms with Crippen molar-refractivity contribution in [2.75, 3.05) is 25.0 Å². The van der Waals surface area contributed by atoms with Gasteiger partial charge >= 0.3 is 5.97 Å². The van der Waals surface area contributed by atoms with Crippen molar-refractivity contribution in [3.8, 4) is 0 Å². The minimum atomic E-state index is -0.779. The lowest BCUT2D eigenvalue weighted by atomic mass is 9.90. The molecular weight excluding hydrogens is 244 g/mol. The minimum Gasteiger partial charge on any atom is -0.481 e. The van der Waals surface area contributed by atoms with E-state index in [2.05, 4.69) is 10.2 Å². The third kappa shape index (κ3) is 2.86. The van der Waals surface area contributed by atoms with Crippen LogP contribution in [0.1, 0.15) is 24.3 Å². The molecular formula is C14H18N2O3. The van der Waals surface area contributed by atoms with Crippen LogP contribution in [0.15, 0.2) is 24.3 Å². The first-order valence-electron chi connectivity index (χ1n) is 6.40. The molecule has 102 valence electrons. The van der Waals surface area contributed by atoms with E-state index < -0.39 is 11.9 Å². The summed E-state index contributed by atoms with van der Waals surface area (Å²) in [5.41, 5.74) is 1.78. The summed E-state index contributed by atoms with van der Waals surface area (Å²) in [7, 11) is 1.62. The van der Waals surface area contributed by atoms with E-state index in [1.807, 2.05) is 24.3 Å². The Kier molecular flexibility index (Phi) is 4.04. The Labute approximate surface area is 112 Å². The molecule has 1 aromatic rings. The van der Waals surface area contributed by atoms with Gasteiger partial charge in [-0.1, -0.05) is 18.2 Å². The molecule has 19 heavy (non-hydrogen) atoms. The molecule has 0 saturated carbocycles. The monoisotopic (exact) mass is 262 g/mol. The number of hydrogen-bond donors (Lipinski definition) is 2. The molecule has 0 radical (unpaired) electrons. The number of nitrogens with zero attached hydrogens (tertiary/aromatic N) is 1. The second kappa shape index (κ2) is 5.73. The predicted octanol–water partition coefficient (Wildman–Crippen LogP) is 1.20. The molecule has 1 aromatic carbocycles. The molecule has 0 spiro atoms. The average molecular weight is 262 g/mol. The Hall–Kier alpha value is -2.04. The second-order valence-corrected chi connectivity index (χ2v) is 4.65. The van der Waals surface area contributed by atoms with Crippen molar-refractivity contribution < 1.29 is 14.7 Å². The minimum absolute atomic E-state index is 0.00200. The third-order valence-electron chi connectivity index (χ3n) is 3.53. The van der Waals surface area contributed by atoms with Gasteiger partial charge in [-0.05, 0) is 18.1 Å². The number of nitrogens with one attached hydrogen (secondary N) is 1. The van der Waals surface area contributed by atoms with Crippen molar-refractivity contribution in [1.29, 1.82) is 0 Å². The van der Waals surface area contributed by atoms with Gasteiger partial charge in [0.15, 0.2) is 0 Å². The molecule has 0 bridgehead atoms. The van der Waals surface area contributed by atoms with Crippen LogP contribution >= 0.6 is 0 Å². The van der Waals surface area contributed by atoms with E-state index >= 15 is 0 Å². The number of anilines is 1. The van der Waals surface area contributed by atoms with Crippen LogP contribution in [0.25, 0.3) is 0 Å². The van der Waals surface area contributed by atoms with Gasteiger partial charge in [-0.15, -0.1) is 0 Å². The summed E-state index contributed by atoms with van der Waals surface area (Å²) in [5.74, 6) is -1.22. The van der Waals surface area contributed by atoms with Gasteiger partial charge in [-0.25, -0.2) is 0 Å². The normalized spacial score (nSPS) is 17.7. The van der Waals surface area contributed by atoms with Crippen molar-refractivity contribution in [2.24, 2.45) is 0 Å². The SMILES string of the molecule is CNC(=O)CCN1CCC(C(=O)O)c2ccccc21. The smallest absolute Gasteiger partial charge is 0.311 e. The molecule has 0 aromatic heterocycles. The molecule has 0 fully saturated rings. The summed E-state index contributed by atoms with van der Waals surface area (Å²) in [6, 6.07) is 7.54. The predicted molar refractivity (Wildman–Crippen MR) is 72.3 cm³/mol. The maximum Gasteiger partial charge on any atom is 0.311 e. The van der Waals surface area contributed by atoms with Crippen LogP contribution in [0.2, 0.25) is 0 Å². The fourth-order valence-electron chi connectivity index (χ4n) is 2.48. The highest BCUT2D eigenvalue weighted by molar-refractivity contribution is 5.81. The first kappa shape index (κ1) is 13.4. The number of hydrogen-bond acceptors (Lipinski definition) is 3. The van der Waals surface area contributed by atoms with E-state index in [4.69, 9.17) is 0 Å². The zero-order chi connectivity index (χ0) is 13.8. The maximum absolute atomic E-state index is 11.3. The Morgan fingerprint density at radius 3 is 2.84 bits per heavy atom. The molecule has 0 aliphatic carbocycles. The molecule has 0 saturated heterocycles. The first-order chi connectivity index (χ1) is 9.13. The summed E-state index contributed by atoms with van der Waals surface area (Å²) in [6.07, 6.45) is 1.00. The van der Waals surface area contributed by atoms with Crippen LogP contribution in [0.4, 0.5) is 5.69 Å². The third-order valence-corrected chi connectivity index (χ3v) is 3.53. The molecule has 1 aliphatic rings. The highest BCUT2D eigenvalue weighted by Gasteiger charge is 2.29. The number of carboxylic acids is 1. The van der Waals surface area contributed by atoms with Gasteiger partial charge in [0.05, 0.1) is 5.92 Å². The van der Waals surface area contributed by atoms with Gasteiger partial charge in [0.1, 0.15) is 0 Å². The van der Waals surface area contributed by atoms with Crippen molar-refractivity contribution in [3.05, 3.63) is 29.8 Å². The van der Waals surface area contributed by atoms with Crippen molar-refractivity contribution in [3.63, 3.8) is 0 Å². The number of carbonyl (C=O) groups excluding carboxylic acids is 1. The Bertz CT molecular complexity index is 487. The number of aliphatic carboxylic acids is 1. The number of benzene rings is 1. The number of amides is 1. The van der Waals surface area contributed by atoms with E-state index in [1.165, 1.54) is 0 Å². The number of fused-ring (bicyclic) bond motifs is 1. The zero-order valence-electron chi connectivity index (χ0n) is 10.9. The summed E-state index contributed by atoms with van der Waals surface area (Å²) in [6.45, 7) is 1.29. The Morgan fingerprint density at radius 1 is 1.42 bits per heavy atom. The number of carbonyl (C=O) groups is 2. The van der Waals surface area contributed by atoms with Gasteiger partial charge in [0.25, 0.3) is 0 Å². The van der Waals surface area contributed by atoms with E-state index in [0.717, 1.165) is 11.3 Å². The van der Waals surface area contributed by atoms with Gasteiger partial charge in [0, 0.05) is 32.2 Å². The van der Waals surface area contributed by atoms with Crippen molar-refractivity contribution in [2.45, 2.75) is 18.8 Å². The fraction of sp³-hybridized carbons (Fsp3) is 0.429. The number of rotatable bonds is 4. The second-order valence-electron chi connectivity index (χ2n) is 4.65. The maximum atomic E-state index is 11.3. The molecule has 2 N–H and O–H groups in total. The first-order valence-corrected chi connectivity index (χ1v) is 6.40. The van der Waals surface area contributed by atoms with Gasteiger partial charge in [-0.2, -0.15) is 0 Å². The molecule has 5 heteroatoms. The summed E-state index contributed by atoms with van der Waals surface area (Å²) in [4.78, 5) is 24.6. The lowest BCUT2D eigenvalue weighted by molar-refractivity contribution is -0.139. The van der Waals surface area contributed by atoms with Crippen LogP contribution in [-0.2, 0) is 9.59 Å². The van der Waals surface area contributed by atoms with Crippen LogP contribution in [0.3, 0.4) is 0 Å². The lowest BCUT2D eigenvalue weighted by Gasteiger charge is -2.34. The van der Waals surface area contributed by atoms with Gasteiger partial charge in [0.2, 0.25) is 5.91 Å². The van der Waals surface area contributed by atoms with E-state index in [1.54, 1.807) is 7.05 Å². The average Bonchev–Trinajstić information content (AvgIpc) is 2.43. The molecule has 5 nitrogen and oxygen atoms in total. The molecule has 1 heterocycles. The zero-order valence-corrected chi connectivity index (χ0v) is 10.9. The van der Waals surface area contributed by atoms with Crippen LogP contribution in [0, 0.1) is 0 Å². The topological polar surface area (TPSA) is 69.6 Å². The van der Waals surface area contributed by atoms with E-state index in [-0.39, 0.29) is 5.91 Å². The van der Waals surface area contributed by atoms with E-state index in [0.29, 0.717) is 25.9 Å². The van der Waals surface area contributed by atoms with Crippen LogP contribution < -0.4 is 10.2 Å².